The van der Waals surface area contributed by atoms with Crippen molar-refractivity contribution in [2.75, 3.05) is 33.1 Å². The van der Waals surface area contributed by atoms with Gasteiger partial charge in [0.15, 0.2) is 0 Å². The van der Waals surface area contributed by atoms with E-state index in [0.29, 0.717) is 13.0 Å². The summed E-state index contributed by atoms with van der Waals surface area (Å²) in [7, 11) is -1.89. The molecule has 0 aliphatic rings. The van der Waals surface area contributed by atoms with E-state index in [-0.39, 0.29) is 25.0 Å². The number of carbonyl (C=O) groups excluding carboxylic acids is 1. The van der Waals surface area contributed by atoms with E-state index in [1.807, 2.05) is 30.3 Å². The number of nitrogens with one attached hydrogen (secondary N) is 1. The fraction of sp³-hybridized carbons (Fsp3) is 0.533. The summed E-state index contributed by atoms with van der Waals surface area (Å²) in [6.45, 7) is 2.28. The molecule has 0 saturated carbocycles. The fourth-order valence-corrected chi connectivity index (χ4v) is 2.81. The first-order valence-corrected chi connectivity index (χ1v) is 8.95. The van der Waals surface area contributed by atoms with E-state index in [2.05, 4.69) is 5.32 Å². The van der Waals surface area contributed by atoms with Gasteiger partial charge in [0.1, 0.15) is 0 Å². The topological polar surface area (TPSA) is 75.7 Å². The van der Waals surface area contributed by atoms with E-state index in [0.717, 1.165) is 11.8 Å². The Balaban J connectivity index is 2.60. The number of rotatable bonds is 9. The van der Waals surface area contributed by atoms with Crippen LogP contribution < -0.4 is 5.32 Å². The summed E-state index contributed by atoms with van der Waals surface area (Å²) >= 11 is 0. The zero-order chi connectivity index (χ0) is 16.6. The van der Waals surface area contributed by atoms with E-state index in [1.54, 1.807) is 14.0 Å². The highest BCUT2D eigenvalue weighted by Gasteiger charge is 2.20. The zero-order valence-corrected chi connectivity index (χ0v) is 14.1. The molecule has 0 saturated heterocycles. The molecule has 1 amide bonds. The maximum atomic E-state index is 11.9. The Labute approximate surface area is 132 Å². The molecule has 7 heteroatoms. The van der Waals surface area contributed by atoms with Gasteiger partial charge in [-0.1, -0.05) is 30.3 Å². The van der Waals surface area contributed by atoms with Crippen LogP contribution in [0.1, 0.15) is 12.5 Å². The first-order valence-electron chi connectivity index (χ1n) is 7.10. The number of nitrogens with zero attached hydrogens (tertiary/aromatic N) is 1. The highest BCUT2D eigenvalue weighted by molar-refractivity contribution is 7.88. The second-order valence-corrected chi connectivity index (χ2v) is 7.24. The van der Waals surface area contributed by atoms with Crippen molar-refractivity contribution in [2.24, 2.45) is 0 Å². The van der Waals surface area contributed by atoms with Crippen LogP contribution in [0.15, 0.2) is 30.3 Å². The van der Waals surface area contributed by atoms with Crippen molar-refractivity contribution in [1.82, 2.24) is 9.62 Å². The van der Waals surface area contributed by atoms with Gasteiger partial charge >= 0.3 is 0 Å². The molecule has 0 heterocycles. The lowest BCUT2D eigenvalue weighted by Crippen LogP contribution is -2.44. The summed E-state index contributed by atoms with van der Waals surface area (Å²) in [4.78, 5) is 11.9. The van der Waals surface area contributed by atoms with Crippen molar-refractivity contribution >= 4 is 15.9 Å². The van der Waals surface area contributed by atoms with E-state index in [4.69, 9.17) is 4.74 Å². The lowest BCUT2D eigenvalue weighted by atomic mass is 10.1. The maximum absolute atomic E-state index is 11.9. The van der Waals surface area contributed by atoms with Gasteiger partial charge in [0.2, 0.25) is 15.9 Å². The molecular formula is C15H24N2O4S. The van der Waals surface area contributed by atoms with Gasteiger partial charge in [-0.2, -0.15) is 4.31 Å². The smallest absolute Gasteiger partial charge is 0.235 e. The number of sulfonamides is 1. The van der Waals surface area contributed by atoms with Crippen LogP contribution in [0.25, 0.3) is 0 Å². The molecule has 0 unspecified atom stereocenters. The Bertz CT molecular complexity index is 560. The minimum absolute atomic E-state index is 0.159. The molecule has 0 radical (unpaired) electrons. The standard InChI is InChI=1S/C15H24N2O4S/c1-13(12-21-2)16-15(18)11-17(22(3,19)20)10-9-14-7-5-4-6-8-14/h4-8,13H,9-12H2,1-3H3,(H,16,18)/t13-/m0/s1. The van der Waals surface area contributed by atoms with Gasteiger partial charge in [-0.15, -0.1) is 0 Å². The number of amides is 1. The van der Waals surface area contributed by atoms with Gasteiger partial charge in [0.25, 0.3) is 0 Å². The van der Waals surface area contributed by atoms with Gasteiger partial charge in [-0.3, -0.25) is 4.79 Å². The third kappa shape index (κ3) is 7.02. The van der Waals surface area contributed by atoms with Crippen molar-refractivity contribution in [1.29, 1.82) is 0 Å². The number of hydrogen-bond donors (Lipinski definition) is 1. The van der Waals surface area contributed by atoms with Crippen LogP contribution >= 0.6 is 0 Å². The molecular weight excluding hydrogens is 304 g/mol. The Hall–Kier alpha value is -1.44. The minimum atomic E-state index is -3.44. The van der Waals surface area contributed by atoms with Crippen molar-refractivity contribution < 1.29 is 17.9 Å². The van der Waals surface area contributed by atoms with Crippen LogP contribution in [0.4, 0.5) is 0 Å². The van der Waals surface area contributed by atoms with Crippen LogP contribution in [-0.2, 0) is 26.0 Å². The first-order chi connectivity index (χ1) is 10.3. The van der Waals surface area contributed by atoms with Gasteiger partial charge in [0, 0.05) is 19.7 Å². The molecule has 124 valence electrons. The van der Waals surface area contributed by atoms with Crippen LogP contribution in [0.2, 0.25) is 0 Å². The summed E-state index contributed by atoms with van der Waals surface area (Å²) < 4.78 is 29.8. The summed E-state index contributed by atoms with van der Waals surface area (Å²) in [6, 6.07) is 9.41. The molecule has 1 aromatic carbocycles. The van der Waals surface area contributed by atoms with Gasteiger partial charge in [-0.05, 0) is 18.9 Å². The average molecular weight is 328 g/mol. The third-order valence-corrected chi connectivity index (χ3v) is 4.36. The first kappa shape index (κ1) is 18.6. The highest BCUT2D eigenvalue weighted by Crippen LogP contribution is 2.04. The molecule has 6 nitrogen and oxygen atoms in total. The molecule has 0 bridgehead atoms. The Morgan fingerprint density at radius 1 is 1.32 bits per heavy atom. The zero-order valence-electron chi connectivity index (χ0n) is 13.3. The van der Waals surface area contributed by atoms with Gasteiger partial charge < -0.3 is 10.1 Å². The number of ether oxygens (including phenoxy) is 1. The van der Waals surface area contributed by atoms with E-state index in [9.17, 15) is 13.2 Å². The quantitative estimate of drug-likeness (QED) is 0.722. The second-order valence-electron chi connectivity index (χ2n) is 5.26. The van der Waals surface area contributed by atoms with Crippen molar-refractivity contribution in [3.05, 3.63) is 35.9 Å². The highest BCUT2D eigenvalue weighted by atomic mass is 32.2. The number of carbonyl (C=O) groups is 1. The molecule has 0 aliphatic heterocycles. The molecule has 1 rings (SSSR count). The van der Waals surface area contributed by atoms with Crippen molar-refractivity contribution in [2.45, 2.75) is 19.4 Å². The summed E-state index contributed by atoms with van der Waals surface area (Å²) in [6.07, 6.45) is 1.68. The summed E-state index contributed by atoms with van der Waals surface area (Å²) in [5, 5.41) is 2.71. The predicted octanol–water partition coefficient (Wildman–Crippen LogP) is 0.642. The molecule has 1 aromatic rings. The van der Waals surface area contributed by atoms with Crippen LogP contribution in [-0.4, -0.2) is 57.7 Å². The number of methoxy groups -OCH3 is 1. The molecule has 0 fully saturated rings. The summed E-state index contributed by atoms with van der Waals surface area (Å²) in [5.41, 5.74) is 1.03. The van der Waals surface area contributed by atoms with Crippen LogP contribution in [0, 0.1) is 0 Å². The van der Waals surface area contributed by atoms with E-state index in [1.165, 1.54) is 4.31 Å². The Morgan fingerprint density at radius 2 is 1.95 bits per heavy atom. The monoisotopic (exact) mass is 328 g/mol. The third-order valence-electron chi connectivity index (χ3n) is 3.11. The van der Waals surface area contributed by atoms with Crippen LogP contribution in [0.5, 0.6) is 0 Å². The minimum Gasteiger partial charge on any atom is -0.383 e. The molecule has 1 atom stereocenters. The molecule has 22 heavy (non-hydrogen) atoms. The van der Waals surface area contributed by atoms with E-state index >= 15 is 0 Å². The second kappa shape index (κ2) is 8.87. The number of hydrogen-bond acceptors (Lipinski definition) is 4. The van der Waals surface area contributed by atoms with Gasteiger partial charge in [-0.25, -0.2) is 8.42 Å². The molecule has 0 aromatic heterocycles. The number of benzene rings is 1. The van der Waals surface area contributed by atoms with Crippen molar-refractivity contribution in [3.8, 4) is 0 Å². The van der Waals surface area contributed by atoms with E-state index < -0.39 is 10.0 Å². The van der Waals surface area contributed by atoms with Crippen LogP contribution in [0.3, 0.4) is 0 Å². The Kier molecular flexibility index (Phi) is 7.50. The largest absolute Gasteiger partial charge is 0.383 e. The maximum Gasteiger partial charge on any atom is 0.235 e. The average Bonchev–Trinajstić information content (AvgIpc) is 2.43. The molecule has 1 N–H and O–H groups in total. The predicted molar refractivity (Wildman–Crippen MR) is 86.0 cm³/mol. The van der Waals surface area contributed by atoms with Gasteiger partial charge in [0.05, 0.1) is 19.4 Å². The normalized spacial score (nSPS) is 13.1. The molecule has 0 spiro atoms. The van der Waals surface area contributed by atoms with Crippen molar-refractivity contribution in [3.63, 3.8) is 0 Å². The molecule has 0 aliphatic carbocycles. The lowest BCUT2D eigenvalue weighted by molar-refractivity contribution is -0.122. The Morgan fingerprint density at radius 3 is 2.50 bits per heavy atom. The SMILES string of the molecule is COC[C@H](C)NC(=O)CN(CCc1ccccc1)S(C)(=O)=O. The lowest BCUT2D eigenvalue weighted by Gasteiger charge is -2.21. The fourth-order valence-electron chi connectivity index (χ4n) is 2.03. The summed E-state index contributed by atoms with van der Waals surface area (Å²) in [5.74, 6) is -0.331.